The zero-order valence-electron chi connectivity index (χ0n) is 13.0. The van der Waals surface area contributed by atoms with Crippen LogP contribution >= 0.6 is 0 Å². The summed E-state index contributed by atoms with van der Waals surface area (Å²) in [6, 6.07) is 8.78. The minimum absolute atomic E-state index is 0.0797. The lowest BCUT2D eigenvalue weighted by atomic mass is 10.1. The smallest absolute Gasteiger partial charge is 0.246 e. The van der Waals surface area contributed by atoms with Gasteiger partial charge in [-0.3, -0.25) is 14.4 Å². The average Bonchev–Trinajstić information content (AvgIpc) is 2.57. The van der Waals surface area contributed by atoms with Crippen LogP contribution in [-0.2, 0) is 25.6 Å². The monoisotopic (exact) mass is 316 g/mol. The number of nitrogens with zero attached hydrogens (tertiary/aromatic N) is 1. The lowest BCUT2D eigenvalue weighted by Crippen LogP contribution is -2.39. The Kier molecular flexibility index (Phi) is 7.99. The van der Waals surface area contributed by atoms with Crippen molar-refractivity contribution < 1.29 is 19.2 Å². The molecule has 1 unspecified atom stereocenters. The molecule has 0 heterocycles. The summed E-state index contributed by atoms with van der Waals surface area (Å²) in [6.07, 6.45) is 3.95. The van der Waals surface area contributed by atoms with Crippen molar-refractivity contribution in [3.05, 3.63) is 48.0 Å². The lowest BCUT2D eigenvalue weighted by molar-refractivity contribution is -0.127. The van der Waals surface area contributed by atoms with Crippen molar-refractivity contribution in [2.75, 3.05) is 13.6 Å². The standard InChI is InChI=1S/C17H20N2O4/c1-19(17(23)8-5-11-20)10-9-16(22)18-15(13-21)12-14-6-3-2-4-7-14/h2-8,11,13,15H,9-10,12H2,1H3,(H,18,22)/b8-5-. The van der Waals surface area contributed by atoms with Gasteiger partial charge in [0, 0.05) is 26.1 Å². The highest BCUT2D eigenvalue weighted by molar-refractivity contribution is 5.91. The number of rotatable bonds is 9. The fourth-order valence-electron chi connectivity index (χ4n) is 1.91. The van der Waals surface area contributed by atoms with E-state index >= 15 is 0 Å². The van der Waals surface area contributed by atoms with E-state index in [9.17, 15) is 19.2 Å². The molecule has 0 saturated heterocycles. The van der Waals surface area contributed by atoms with Crippen molar-refractivity contribution in [1.29, 1.82) is 0 Å². The Morgan fingerprint density at radius 2 is 1.91 bits per heavy atom. The molecule has 0 fully saturated rings. The second-order valence-corrected chi connectivity index (χ2v) is 5.00. The minimum atomic E-state index is -0.596. The van der Waals surface area contributed by atoms with Gasteiger partial charge in [-0.1, -0.05) is 30.3 Å². The second kappa shape index (κ2) is 10.0. The number of likely N-dealkylation sites (N-methyl/N-ethyl adjacent to an activating group) is 1. The Hall–Kier alpha value is -2.76. The highest BCUT2D eigenvalue weighted by Crippen LogP contribution is 2.02. The SMILES string of the molecule is CN(CCC(=O)NC(C=O)Cc1ccccc1)C(=O)/C=C\C=O. The molecule has 2 amide bonds. The fraction of sp³-hybridized carbons (Fsp3) is 0.294. The molecule has 0 radical (unpaired) electrons. The molecule has 6 heteroatoms. The summed E-state index contributed by atoms with van der Waals surface area (Å²) in [4.78, 5) is 45.9. The molecular weight excluding hydrogens is 296 g/mol. The topological polar surface area (TPSA) is 83.6 Å². The number of benzene rings is 1. The van der Waals surface area contributed by atoms with Crippen LogP contribution in [0.1, 0.15) is 12.0 Å². The fourth-order valence-corrected chi connectivity index (χ4v) is 1.91. The molecule has 0 bridgehead atoms. The van der Waals surface area contributed by atoms with Crippen LogP contribution < -0.4 is 5.32 Å². The van der Waals surface area contributed by atoms with Gasteiger partial charge in [-0.15, -0.1) is 0 Å². The van der Waals surface area contributed by atoms with Crippen LogP contribution in [0, 0.1) is 0 Å². The molecule has 1 N–H and O–H groups in total. The summed E-state index contributed by atoms with van der Waals surface area (Å²) in [5, 5.41) is 2.63. The highest BCUT2D eigenvalue weighted by Gasteiger charge is 2.13. The Labute approximate surface area is 135 Å². The maximum Gasteiger partial charge on any atom is 0.246 e. The molecule has 1 aromatic rings. The number of nitrogens with one attached hydrogen (secondary N) is 1. The Morgan fingerprint density at radius 3 is 2.52 bits per heavy atom. The predicted octanol–water partition coefficient (Wildman–Crippen LogP) is 0.516. The van der Waals surface area contributed by atoms with Gasteiger partial charge in [0.2, 0.25) is 11.8 Å². The predicted molar refractivity (Wildman–Crippen MR) is 85.6 cm³/mol. The van der Waals surface area contributed by atoms with E-state index in [2.05, 4.69) is 5.32 Å². The first kappa shape index (κ1) is 18.3. The first-order valence-electron chi connectivity index (χ1n) is 7.22. The van der Waals surface area contributed by atoms with Gasteiger partial charge in [0.15, 0.2) is 0 Å². The summed E-state index contributed by atoms with van der Waals surface area (Å²) in [6.45, 7) is 0.199. The summed E-state index contributed by atoms with van der Waals surface area (Å²) in [5.41, 5.74) is 0.955. The normalized spacial score (nSPS) is 11.7. The van der Waals surface area contributed by atoms with Crippen molar-refractivity contribution >= 4 is 24.4 Å². The number of hydrogen-bond acceptors (Lipinski definition) is 4. The molecule has 1 aromatic carbocycles. The summed E-state index contributed by atoms with van der Waals surface area (Å²) in [5.74, 6) is -0.668. The summed E-state index contributed by atoms with van der Waals surface area (Å²) < 4.78 is 0. The van der Waals surface area contributed by atoms with Crippen molar-refractivity contribution in [2.45, 2.75) is 18.9 Å². The van der Waals surface area contributed by atoms with Crippen LogP contribution in [-0.4, -0.2) is 48.9 Å². The molecule has 1 rings (SSSR count). The van der Waals surface area contributed by atoms with Crippen molar-refractivity contribution in [3.63, 3.8) is 0 Å². The van der Waals surface area contributed by atoms with Gasteiger partial charge < -0.3 is 15.0 Å². The number of aldehydes is 2. The van der Waals surface area contributed by atoms with E-state index < -0.39 is 6.04 Å². The van der Waals surface area contributed by atoms with Crippen molar-refractivity contribution in [1.82, 2.24) is 10.2 Å². The zero-order valence-corrected chi connectivity index (χ0v) is 13.0. The summed E-state index contributed by atoms with van der Waals surface area (Å²) in [7, 11) is 1.53. The van der Waals surface area contributed by atoms with Crippen LogP contribution in [0.25, 0.3) is 0 Å². The minimum Gasteiger partial charge on any atom is -0.346 e. The Balaban J connectivity index is 2.42. The maximum atomic E-state index is 11.9. The largest absolute Gasteiger partial charge is 0.346 e. The molecule has 1 atom stereocenters. The molecule has 0 aliphatic rings. The van der Waals surface area contributed by atoms with E-state index in [1.54, 1.807) is 0 Å². The third-order valence-electron chi connectivity index (χ3n) is 3.18. The Morgan fingerprint density at radius 1 is 1.22 bits per heavy atom. The third-order valence-corrected chi connectivity index (χ3v) is 3.18. The quantitative estimate of drug-likeness (QED) is 0.532. The van der Waals surface area contributed by atoms with Crippen LogP contribution in [0.2, 0.25) is 0 Å². The van der Waals surface area contributed by atoms with Crippen LogP contribution in [0.15, 0.2) is 42.5 Å². The van der Waals surface area contributed by atoms with Gasteiger partial charge in [-0.25, -0.2) is 0 Å². The van der Waals surface area contributed by atoms with Gasteiger partial charge in [-0.05, 0) is 18.1 Å². The molecule has 0 spiro atoms. The highest BCUT2D eigenvalue weighted by atomic mass is 16.2. The molecule has 6 nitrogen and oxygen atoms in total. The lowest BCUT2D eigenvalue weighted by Gasteiger charge is -2.16. The molecule has 0 aliphatic heterocycles. The van der Waals surface area contributed by atoms with E-state index in [1.165, 1.54) is 11.9 Å². The second-order valence-electron chi connectivity index (χ2n) is 5.00. The third kappa shape index (κ3) is 7.17. The number of allylic oxidation sites excluding steroid dienone is 1. The molecule has 122 valence electrons. The van der Waals surface area contributed by atoms with Gasteiger partial charge in [0.25, 0.3) is 0 Å². The molecule has 0 saturated carbocycles. The molecule has 0 aromatic heterocycles. The van der Waals surface area contributed by atoms with E-state index in [-0.39, 0.29) is 24.8 Å². The van der Waals surface area contributed by atoms with Gasteiger partial charge in [0.05, 0.1) is 6.04 Å². The van der Waals surface area contributed by atoms with Crippen LogP contribution in [0.3, 0.4) is 0 Å². The van der Waals surface area contributed by atoms with E-state index in [0.29, 0.717) is 19.0 Å². The average molecular weight is 316 g/mol. The van der Waals surface area contributed by atoms with Gasteiger partial charge in [0.1, 0.15) is 12.6 Å². The van der Waals surface area contributed by atoms with Crippen LogP contribution in [0.4, 0.5) is 0 Å². The first-order valence-corrected chi connectivity index (χ1v) is 7.22. The van der Waals surface area contributed by atoms with Gasteiger partial charge >= 0.3 is 0 Å². The van der Waals surface area contributed by atoms with E-state index in [1.807, 2.05) is 30.3 Å². The molecule has 23 heavy (non-hydrogen) atoms. The number of carbonyl (C=O) groups excluding carboxylic acids is 4. The summed E-state index contributed by atoms with van der Waals surface area (Å²) >= 11 is 0. The van der Waals surface area contributed by atoms with E-state index in [4.69, 9.17) is 0 Å². The maximum absolute atomic E-state index is 11.9. The van der Waals surface area contributed by atoms with Crippen molar-refractivity contribution in [3.8, 4) is 0 Å². The zero-order chi connectivity index (χ0) is 17.1. The van der Waals surface area contributed by atoms with Crippen molar-refractivity contribution in [2.24, 2.45) is 0 Å². The Bertz CT molecular complexity index is 569. The first-order chi connectivity index (χ1) is 11.1. The van der Waals surface area contributed by atoms with Gasteiger partial charge in [-0.2, -0.15) is 0 Å². The van der Waals surface area contributed by atoms with E-state index in [0.717, 1.165) is 17.7 Å². The number of hydrogen-bond donors (Lipinski definition) is 1. The number of carbonyl (C=O) groups is 4. The molecule has 0 aliphatic carbocycles. The van der Waals surface area contributed by atoms with Crippen LogP contribution in [0.5, 0.6) is 0 Å². The number of amides is 2. The molecular formula is C17H20N2O4.